The van der Waals surface area contributed by atoms with Crippen molar-refractivity contribution in [2.45, 2.75) is 20.4 Å². The van der Waals surface area contributed by atoms with Crippen molar-refractivity contribution in [1.29, 1.82) is 0 Å². The summed E-state index contributed by atoms with van der Waals surface area (Å²) in [6.07, 6.45) is 0. The van der Waals surface area contributed by atoms with Gasteiger partial charge in [0.15, 0.2) is 5.43 Å². The second kappa shape index (κ2) is 5.05. The van der Waals surface area contributed by atoms with Crippen LogP contribution in [-0.2, 0) is 6.54 Å². The van der Waals surface area contributed by atoms with E-state index in [0.717, 1.165) is 27.7 Å². The van der Waals surface area contributed by atoms with Gasteiger partial charge in [0.25, 0.3) is 0 Å². The molecule has 6 heteroatoms. The molecule has 0 fully saturated rings. The zero-order valence-electron chi connectivity index (χ0n) is 11.2. The monoisotopic (exact) mass is 286 g/mol. The van der Waals surface area contributed by atoms with Gasteiger partial charge in [-0.2, -0.15) is 0 Å². The Morgan fingerprint density at radius 2 is 2.20 bits per heavy atom. The number of pyridine rings is 1. The van der Waals surface area contributed by atoms with Crippen LogP contribution in [0.25, 0.3) is 10.9 Å². The van der Waals surface area contributed by atoms with Crippen molar-refractivity contribution >= 4 is 27.4 Å². The number of fused-ring (bicyclic) bond motifs is 1. The number of aryl methyl sites for hydroxylation is 2. The molecule has 1 aromatic carbocycles. The van der Waals surface area contributed by atoms with Gasteiger partial charge in [-0.3, -0.25) is 4.79 Å². The predicted octanol–water partition coefficient (Wildman–Crippen LogP) is 2.61. The molecule has 0 atom stereocenters. The van der Waals surface area contributed by atoms with Gasteiger partial charge < -0.3 is 10.3 Å². The SMILES string of the molecule is Cc1ccc2c(=O)c(CNc3nncs3)c(C)[nH]c2c1. The van der Waals surface area contributed by atoms with Crippen molar-refractivity contribution in [1.82, 2.24) is 15.2 Å². The minimum atomic E-state index is 0.0632. The number of aromatic amines is 1. The number of nitrogens with one attached hydrogen (secondary N) is 2. The molecule has 0 saturated carbocycles. The van der Waals surface area contributed by atoms with Gasteiger partial charge in [-0.1, -0.05) is 17.4 Å². The third-order valence-corrected chi connectivity index (χ3v) is 3.89. The van der Waals surface area contributed by atoms with Gasteiger partial charge in [0, 0.05) is 28.7 Å². The number of benzene rings is 1. The van der Waals surface area contributed by atoms with Crippen molar-refractivity contribution < 1.29 is 0 Å². The normalized spacial score (nSPS) is 10.9. The summed E-state index contributed by atoms with van der Waals surface area (Å²) in [4.78, 5) is 15.8. The second-order valence-corrected chi connectivity index (χ2v) is 5.54. The molecule has 3 aromatic rings. The lowest BCUT2D eigenvalue weighted by atomic mass is 10.1. The standard InChI is InChI=1S/C14H14N4OS/c1-8-3-4-10-12(5-8)17-9(2)11(13(10)19)6-15-14-18-16-7-20-14/h3-5,7H,6H2,1-2H3,(H,15,18)(H,17,19). The maximum Gasteiger partial charge on any atom is 0.205 e. The molecule has 0 spiro atoms. The topological polar surface area (TPSA) is 70.7 Å². The summed E-state index contributed by atoms with van der Waals surface area (Å²) in [7, 11) is 0. The number of hydrogen-bond acceptors (Lipinski definition) is 5. The van der Waals surface area contributed by atoms with Gasteiger partial charge in [-0.25, -0.2) is 0 Å². The van der Waals surface area contributed by atoms with E-state index >= 15 is 0 Å². The van der Waals surface area contributed by atoms with E-state index in [4.69, 9.17) is 0 Å². The molecule has 0 amide bonds. The number of aromatic nitrogens is 3. The maximum atomic E-state index is 12.5. The molecule has 3 rings (SSSR count). The molecule has 0 unspecified atom stereocenters. The van der Waals surface area contributed by atoms with Crippen LogP contribution in [0.1, 0.15) is 16.8 Å². The summed E-state index contributed by atoms with van der Waals surface area (Å²) >= 11 is 1.41. The van der Waals surface area contributed by atoms with E-state index in [1.807, 2.05) is 32.0 Å². The molecule has 0 aliphatic carbocycles. The quantitative estimate of drug-likeness (QED) is 0.776. The Morgan fingerprint density at radius 3 is 2.95 bits per heavy atom. The van der Waals surface area contributed by atoms with E-state index in [1.165, 1.54) is 11.3 Å². The Hall–Kier alpha value is -2.21. The Bertz CT molecular complexity index is 808. The van der Waals surface area contributed by atoms with Gasteiger partial charge in [0.2, 0.25) is 5.13 Å². The molecule has 0 radical (unpaired) electrons. The zero-order valence-corrected chi connectivity index (χ0v) is 12.0. The lowest BCUT2D eigenvalue weighted by molar-refractivity contribution is 1.02. The summed E-state index contributed by atoms with van der Waals surface area (Å²) < 4.78 is 0. The molecular formula is C14H14N4OS. The second-order valence-electron chi connectivity index (χ2n) is 4.70. The van der Waals surface area contributed by atoms with Crippen LogP contribution in [-0.4, -0.2) is 15.2 Å². The fourth-order valence-electron chi connectivity index (χ4n) is 2.20. The molecule has 2 N–H and O–H groups in total. The third kappa shape index (κ3) is 2.30. The average molecular weight is 286 g/mol. The van der Waals surface area contributed by atoms with Gasteiger partial charge >= 0.3 is 0 Å². The van der Waals surface area contributed by atoms with Crippen LogP contribution >= 0.6 is 11.3 Å². The van der Waals surface area contributed by atoms with Crippen molar-refractivity contribution in [2.75, 3.05) is 5.32 Å². The van der Waals surface area contributed by atoms with E-state index < -0.39 is 0 Å². The predicted molar refractivity (Wildman–Crippen MR) is 81.3 cm³/mol. The molecule has 2 aromatic heterocycles. The number of rotatable bonds is 3. The summed E-state index contributed by atoms with van der Waals surface area (Å²) in [6, 6.07) is 5.82. The summed E-state index contributed by atoms with van der Waals surface area (Å²) in [5.74, 6) is 0. The van der Waals surface area contributed by atoms with Crippen LogP contribution in [0.2, 0.25) is 0 Å². The highest BCUT2D eigenvalue weighted by atomic mass is 32.1. The molecule has 0 aliphatic rings. The van der Waals surface area contributed by atoms with Crippen LogP contribution in [0, 0.1) is 13.8 Å². The molecule has 102 valence electrons. The minimum Gasteiger partial charge on any atom is -0.358 e. The largest absolute Gasteiger partial charge is 0.358 e. The Morgan fingerprint density at radius 1 is 1.35 bits per heavy atom. The average Bonchev–Trinajstić information content (AvgIpc) is 2.91. The fraction of sp³-hybridized carbons (Fsp3) is 0.214. The zero-order chi connectivity index (χ0) is 14.1. The number of anilines is 1. The van der Waals surface area contributed by atoms with Gasteiger partial charge in [-0.15, -0.1) is 10.2 Å². The summed E-state index contributed by atoms with van der Waals surface area (Å²) in [6.45, 7) is 4.37. The highest BCUT2D eigenvalue weighted by molar-refractivity contribution is 7.13. The lowest BCUT2D eigenvalue weighted by Crippen LogP contribution is -2.16. The van der Waals surface area contributed by atoms with Crippen LogP contribution in [0.4, 0.5) is 5.13 Å². The molecular weight excluding hydrogens is 272 g/mol. The Labute approximate surface area is 119 Å². The maximum absolute atomic E-state index is 12.5. The van der Waals surface area contributed by atoms with Crippen LogP contribution in [0.5, 0.6) is 0 Å². The molecule has 5 nitrogen and oxygen atoms in total. The van der Waals surface area contributed by atoms with Crippen LogP contribution in [0.15, 0.2) is 28.5 Å². The lowest BCUT2D eigenvalue weighted by Gasteiger charge is -2.09. The van der Waals surface area contributed by atoms with Crippen molar-refractivity contribution in [3.05, 3.63) is 50.8 Å². The van der Waals surface area contributed by atoms with Gasteiger partial charge in [0.05, 0.1) is 0 Å². The van der Waals surface area contributed by atoms with E-state index in [9.17, 15) is 4.79 Å². The van der Waals surface area contributed by atoms with E-state index in [2.05, 4.69) is 20.5 Å². The first-order valence-corrected chi connectivity index (χ1v) is 7.15. The molecule has 20 heavy (non-hydrogen) atoms. The molecule has 0 bridgehead atoms. The smallest absolute Gasteiger partial charge is 0.205 e. The Kier molecular flexibility index (Phi) is 3.23. The first-order valence-electron chi connectivity index (χ1n) is 6.27. The molecule has 2 heterocycles. The number of H-pyrrole nitrogens is 1. The first-order chi connectivity index (χ1) is 9.65. The Balaban J connectivity index is 2.02. The van der Waals surface area contributed by atoms with Crippen molar-refractivity contribution in [2.24, 2.45) is 0 Å². The van der Waals surface area contributed by atoms with Gasteiger partial charge in [-0.05, 0) is 31.5 Å². The van der Waals surface area contributed by atoms with Crippen molar-refractivity contribution in [3.63, 3.8) is 0 Å². The highest BCUT2D eigenvalue weighted by Crippen LogP contribution is 2.15. The molecule has 0 aliphatic heterocycles. The van der Waals surface area contributed by atoms with Crippen molar-refractivity contribution in [3.8, 4) is 0 Å². The van der Waals surface area contributed by atoms with Crippen LogP contribution < -0.4 is 10.7 Å². The molecule has 0 saturated heterocycles. The summed E-state index contributed by atoms with van der Waals surface area (Å²) in [5.41, 5.74) is 5.34. The number of nitrogens with zero attached hydrogens (tertiary/aromatic N) is 2. The number of hydrogen-bond donors (Lipinski definition) is 2. The summed E-state index contributed by atoms with van der Waals surface area (Å²) in [5, 5.41) is 12.2. The van der Waals surface area contributed by atoms with E-state index in [-0.39, 0.29) is 5.43 Å². The van der Waals surface area contributed by atoms with E-state index in [1.54, 1.807) is 5.51 Å². The first kappa shape index (κ1) is 12.8. The fourth-order valence-corrected chi connectivity index (χ4v) is 2.64. The minimum absolute atomic E-state index is 0.0632. The highest BCUT2D eigenvalue weighted by Gasteiger charge is 2.09. The van der Waals surface area contributed by atoms with Gasteiger partial charge in [0.1, 0.15) is 5.51 Å². The third-order valence-electron chi connectivity index (χ3n) is 3.25. The van der Waals surface area contributed by atoms with Crippen LogP contribution in [0.3, 0.4) is 0 Å². The van der Waals surface area contributed by atoms with E-state index in [0.29, 0.717) is 11.7 Å².